The van der Waals surface area contributed by atoms with Crippen LogP contribution in [-0.4, -0.2) is 102 Å². The van der Waals surface area contributed by atoms with Crippen LogP contribution < -0.4 is 0 Å². The van der Waals surface area contributed by atoms with E-state index < -0.39 is 108 Å². The predicted molar refractivity (Wildman–Crippen MR) is 213 cm³/mol. The van der Waals surface area contributed by atoms with Gasteiger partial charge in [0.1, 0.15) is 31.3 Å². The van der Waals surface area contributed by atoms with Gasteiger partial charge in [-0.05, 0) is 64.0 Å². The van der Waals surface area contributed by atoms with Gasteiger partial charge in [-0.3, -0.25) is 9.59 Å². The van der Waals surface area contributed by atoms with Gasteiger partial charge in [-0.2, -0.15) is 0 Å². The van der Waals surface area contributed by atoms with E-state index in [1.54, 1.807) is 40.0 Å². The van der Waals surface area contributed by atoms with E-state index in [4.69, 9.17) is 42.6 Å². The molecule has 2 aromatic rings. The summed E-state index contributed by atoms with van der Waals surface area (Å²) in [5, 5.41) is 0. The molecule has 4 fully saturated rings. The van der Waals surface area contributed by atoms with Crippen LogP contribution in [0.4, 0.5) is 14.4 Å². The van der Waals surface area contributed by atoms with Crippen LogP contribution in [0.25, 0.3) is 0 Å². The van der Waals surface area contributed by atoms with E-state index in [9.17, 15) is 24.0 Å². The summed E-state index contributed by atoms with van der Waals surface area (Å²) in [6, 6.07) is 17.5. The molecule has 6 unspecified atom stereocenters. The topological polar surface area (TPSA) is 172 Å². The SMILES string of the molecule is CC[C@H]1OC(=O)O[C@@]1(C)[C@@H]1OC(=O)[C@H](C)C(=O)[C@H](C)[C@@H](O[C@@H]2OC(C)CC(N(C)C(=O)OCc3ccccc3)C2OC(=O)OCc2ccccc2)C2(C)CC(C)C(O2)[C@@H]1C. The molecule has 15 heteroatoms. The van der Waals surface area contributed by atoms with Gasteiger partial charge in [-0.25, -0.2) is 14.4 Å². The van der Waals surface area contributed by atoms with Crippen LogP contribution >= 0.6 is 0 Å². The Kier molecular flexibility index (Phi) is 13.8. The Balaban J connectivity index is 1.32. The number of Topliss-reactive ketones (excluding diaryl/α,β-unsaturated/α-hetero) is 1. The minimum Gasteiger partial charge on any atom is -0.457 e. The molecular formula is C45H59NO14. The lowest BCUT2D eigenvalue weighted by molar-refractivity contribution is -0.296. The van der Waals surface area contributed by atoms with E-state index in [0.29, 0.717) is 12.8 Å². The number of nitrogens with zero attached hydrogens (tertiary/aromatic N) is 1. The highest BCUT2D eigenvalue weighted by Gasteiger charge is 2.61. The first-order chi connectivity index (χ1) is 28.4. The lowest BCUT2D eigenvalue weighted by Gasteiger charge is -2.46. The van der Waals surface area contributed by atoms with Crippen LogP contribution in [0.15, 0.2) is 60.7 Å². The molecule has 60 heavy (non-hydrogen) atoms. The van der Waals surface area contributed by atoms with Crippen molar-refractivity contribution in [2.24, 2.45) is 23.7 Å². The van der Waals surface area contributed by atoms with Crippen molar-refractivity contribution in [1.29, 1.82) is 0 Å². The Morgan fingerprint density at radius 1 is 0.867 bits per heavy atom. The molecule has 4 aliphatic heterocycles. The zero-order chi connectivity index (χ0) is 43.5. The number of likely N-dealkylation sites (N-methyl/N-ethyl adjacent to an activating group) is 1. The Labute approximate surface area is 351 Å². The third-order valence-electron chi connectivity index (χ3n) is 12.6. The number of carbonyl (C=O) groups is 5. The van der Waals surface area contributed by atoms with Crippen LogP contribution in [0.1, 0.15) is 85.8 Å². The molecule has 0 aromatic heterocycles. The van der Waals surface area contributed by atoms with Crippen LogP contribution in [-0.2, 0) is 65.4 Å². The number of fused-ring (bicyclic) bond motifs is 2. The highest BCUT2D eigenvalue weighted by Crippen LogP contribution is 2.48. The fourth-order valence-corrected chi connectivity index (χ4v) is 9.47. The first kappa shape index (κ1) is 44.8. The summed E-state index contributed by atoms with van der Waals surface area (Å²) >= 11 is 0. The van der Waals surface area contributed by atoms with Gasteiger partial charge in [0.05, 0.1) is 30.0 Å². The number of carbonyl (C=O) groups excluding carboxylic acids is 5. The van der Waals surface area contributed by atoms with E-state index in [-0.39, 0.29) is 25.6 Å². The van der Waals surface area contributed by atoms with Crippen LogP contribution in [0, 0.1) is 23.7 Å². The molecule has 0 aliphatic carbocycles. The summed E-state index contributed by atoms with van der Waals surface area (Å²) < 4.78 is 55.0. The minimum atomic E-state index is -1.36. The smallest absolute Gasteiger partial charge is 0.457 e. The Bertz CT molecular complexity index is 1840. The van der Waals surface area contributed by atoms with Crippen molar-refractivity contribution in [3.8, 4) is 0 Å². The average Bonchev–Trinajstić information content (AvgIpc) is 3.72. The van der Waals surface area contributed by atoms with Crippen LogP contribution in [0.2, 0.25) is 0 Å². The summed E-state index contributed by atoms with van der Waals surface area (Å²) in [6.45, 7) is 14.1. The second-order valence-corrected chi connectivity index (χ2v) is 17.2. The largest absolute Gasteiger partial charge is 0.509 e. The van der Waals surface area contributed by atoms with Gasteiger partial charge in [-0.15, -0.1) is 0 Å². The van der Waals surface area contributed by atoms with Gasteiger partial charge in [0.2, 0.25) is 0 Å². The van der Waals surface area contributed by atoms with Gasteiger partial charge in [0, 0.05) is 18.9 Å². The van der Waals surface area contributed by atoms with Crippen molar-refractivity contribution >= 4 is 30.2 Å². The molecule has 4 aliphatic rings. The number of hydrogen-bond acceptors (Lipinski definition) is 14. The summed E-state index contributed by atoms with van der Waals surface area (Å²) in [7, 11) is 1.55. The molecule has 6 rings (SSSR count). The molecule has 4 heterocycles. The van der Waals surface area contributed by atoms with Gasteiger partial charge in [0.25, 0.3) is 0 Å². The van der Waals surface area contributed by atoms with Gasteiger partial charge in [-0.1, -0.05) is 88.4 Å². The predicted octanol–water partition coefficient (Wildman–Crippen LogP) is 7.16. The maximum absolute atomic E-state index is 14.4. The lowest BCUT2D eigenvalue weighted by atomic mass is 9.76. The van der Waals surface area contributed by atoms with Crippen molar-refractivity contribution in [2.75, 3.05) is 7.05 Å². The zero-order valence-corrected chi connectivity index (χ0v) is 35.9. The number of cyclic esters (lactones) is 3. The molecule has 4 saturated heterocycles. The number of esters is 1. The molecule has 2 aromatic carbocycles. The fraction of sp³-hybridized carbons (Fsp3) is 0.622. The van der Waals surface area contributed by atoms with E-state index in [1.807, 2.05) is 76.2 Å². The Morgan fingerprint density at radius 2 is 1.48 bits per heavy atom. The molecule has 0 saturated carbocycles. The second kappa shape index (κ2) is 18.5. The van der Waals surface area contributed by atoms with Crippen molar-refractivity contribution in [1.82, 2.24) is 4.90 Å². The molecular weight excluding hydrogens is 778 g/mol. The van der Waals surface area contributed by atoms with Gasteiger partial charge >= 0.3 is 24.4 Å². The number of amides is 1. The van der Waals surface area contributed by atoms with Crippen molar-refractivity contribution < 1.29 is 66.6 Å². The van der Waals surface area contributed by atoms with Crippen LogP contribution in [0.3, 0.4) is 0 Å². The van der Waals surface area contributed by atoms with E-state index >= 15 is 0 Å². The monoisotopic (exact) mass is 837 g/mol. The average molecular weight is 838 g/mol. The lowest BCUT2D eigenvalue weighted by Crippen LogP contribution is -2.60. The normalized spacial score (nSPS) is 36.9. The van der Waals surface area contributed by atoms with Crippen molar-refractivity contribution in [3.05, 3.63) is 71.8 Å². The molecule has 328 valence electrons. The number of ether oxygens (including phenoxy) is 9. The van der Waals surface area contributed by atoms with E-state index in [0.717, 1.165) is 11.1 Å². The molecule has 2 bridgehead atoms. The molecule has 0 N–H and O–H groups in total. The Morgan fingerprint density at radius 3 is 2.10 bits per heavy atom. The number of ketones is 1. The van der Waals surface area contributed by atoms with Crippen molar-refractivity contribution in [2.45, 2.75) is 148 Å². The fourth-order valence-electron chi connectivity index (χ4n) is 9.47. The molecule has 1 amide bonds. The number of hydrogen-bond donors (Lipinski definition) is 0. The van der Waals surface area contributed by atoms with Crippen molar-refractivity contribution in [3.63, 3.8) is 0 Å². The molecule has 14 atom stereocenters. The van der Waals surface area contributed by atoms with Crippen LogP contribution in [0.5, 0.6) is 0 Å². The maximum Gasteiger partial charge on any atom is 0.509 e. The third-order valence-corrected chi connectivity index (χ3v) is 12.6. The summed E-state index contributed by atoms with van der Waals surface area (Å²) in [4.78, 5) is 69.4. The second-order valence-electron chi connectivity index (χ2n) is 17.2. The highest BCUT2D eigenvalue weighted by atomic mass is 16.8. The molecule has 0 spiro atoms. The minimum absolute atomic E-state index is 0.0116. The standard InChI is InChI=1S/C45H59NO14/c1-10-33-45(8,60-43(51)55-33)38-29(6)35-25(2)22-44(7,59-35)37(27(4)34(47)28(5)39(48)57-38)58-40-36(56-42(50)53-24-31-19-15-12-16-20-31)32(21-26(3)54-40)46(9)41(49)52-23-30-17-13-11-14-18-30/h11-20,25-29,32-33,35-38,40H,10,21-24H2,1-9H3/t25?,26?,27-,28+,29-,32?,33+,35?,36?,37+,38+,40-,44?,45+/m0/s1. The summed E-state index contributed by atoms with van der Waals surface area (Å²) in [5.41, 5.74) is -1.01. The number of benzene rings is 2. The van der Waals surface area contributed by atoms with E-state index in [1.165, 1.54) is 11.8 Å². The first-order valence-electron chi connectivity index (χ1n) is 20.9. The number of rotatable bonds is 10. The zero-order valence-electron chi connectivity index (χ0n) is 35.9. The van der Waals surface area contributed by atoms with E-state index in [2.05, 4.69) is 0 Å². The summed E-state index contributed by atoms with van der Waals surface area (Å²) in [5.74, 6) is -4.24. The Hall–Kier alpha value is -4.73. The van der Waals surface area contributed by atoms with Gasteiger partial charge in [0.15, 0.2) is 23.8 Å². The maximum atomic E-state index is 14.4. The summed E-state index contributed by atoms with van der Waals surface area (Å²) in [6.07, 6.45) is -8.05. The third kappa shape index (κ3) is 9.42. The quantitative estimate of drug-likeness (QED) is 0.134. The molecule has 15 nitrogen and oxygen atoms in total. The highest BCUT2D eigenvalue weighted by molar-refractivity contribution is 6.00. The van der Waals surface area contributed by atoms with Gasteiger partial charge < -0.3 is 47.5 Å². The molecule has 0 radical (unpaired) electrons. The first-order valence-corrected chi connectivity index (χ1v) is 20.9.